The molecule has 0 aliphatic carbocycles. The molecule has 1 aliphatic heterocycles. The van der Waals surface area contributed by atoms with E-state index in [0.717, 1.165) is 31.5 Å². The van der Waals surface area contributed by atoms with Crippen molar-refractivity contribution >= 4 is 5.91 Å². The Morgan fingerprint density at radius 1 is 1.24 bits per heavy atom. The fourth-order valence-corrected chi connectivity index (χ4v) is 3.58. The topological polar surface area (TPSA) is 116 Å². The average Bonchev–Trinajstić information content (AvgIpc) is 3.11. The minimum Gasteiger partial charge on any atom is -0.349 e. The third-order valence-corrected chi connectivity index (χ3v) is 5.32. The van der Waals surface area contributed by atoms with Gasteiger partial charge in [0.1, 0.15) is 5.69 Å². The van der Waals surface area contributed by atoms with E-state index in [1.165, 1.54) is 10.9 Å². The molecule has 0 spiro atoms. The second-order valence-corrected chi connectivity index (χ2v) is 8.58. The Bertz CT molecular complexity index is 952. The van der Waals surface area contributed by atoms with Gasteiger partial charge in [-0.3, -0.25) is 14.5 Å². The first kappa shape index (κ1) is 21.0. The number of H-pyrrole nitrogens is 2. The molecule has 2 aromatic rings. The zero-order chi connectivity index (χ0) is 21.0. The molecule has 1 saturated heterocycles. The van der Waals surface area contributed by atoms with Crippen LogP contribution in [0.4, 0.5) is 0 Å². The van der Waals surface area contributed by atoms with Crippen molar-refractivity contribution in [1.82, 2.24) is 30.0 Å². The van der Waals surface area contributed by atoms with Gasteiger partial charge in [-0.05, 0) is 25.5 Å². The Kier molecular flexibility index (Phi) is 6.36. The zero-order valence-corrected chi connectivity index (χ0v) is 17.3. The number of hydrogen-bond donors (Lipinski definition) is 3. The number of piperidine rings is 1. The quantitative estimate of drug-likeness (QED) is 0.662. The van der Waals surface area contributed by atoms with E-state index in [1.54, 1.807) is 12.1 Å². The lowest BCUT2D eigenvalue weighted by molar-refractivity contribution is 0.0904. The summed E-state index contributed by atoms with van der Waals surface area (Å²) in [6, 6.07) is 3.57. The Morgan fingerprint density at radius 3 is 2.72 bits per heavy atom. The molecule has 0 radical (unpaired) electrons. The van der Waals surface area contributed by atoms with Gasteiger partial charge in [0.2, 0.25) is 0 Å². The first-order valence-electron chi connectivity index (χ1n) is 10.1. The molecular weight excluding hydrogens is 372 g/mol. The minimum atomic E-state index is -0.398. The van der Waals surface area contributed by atoms with Crippen LogP contribution in [-0.4, -0.2) is 56.2 Å². The number of aromatic nitrogens is 4. The molecule has 0 aromatic carbocycles. The van der Waals surface area contributed by atoms with Crippen LogP contribution in [0.3, 0.4) is 0 Å². The Morgan fingerprint density at radius 2 is 2.03 bits per heavy atom. The summed E-state index contributed by atoms with van der Waals surface area (Å²) in [7, 11) is 0. The second kappa shape index (κ2) is 8.77. The molecule has 1 unspecified atom stereocenters. The molecule has 1 aliphatic rings. The highest BCUT2D eigenvalue weighted by atomic mass is 16.2. The molecule has 1 atom stereocenters. The van der Waals surface area contributed by atoms with Gasteiger partial charge in [0.15, 0.2) is 0 Å². The fourth-order valence-electron chi connectivity index (χ4n) is 3.58. The lowest BCUT2D eigenvalue weighted by Gasteiger charge is -2.35. The van der Waals surface area contributed by atoms with Crippen LogP contribution in [0.1, 0.15) is 56.2 Å². The van der Waals surface area contributed by atoms with Gasteiger partial charge in [-0.15, -0.1) is 0 Å². The number of aromatic amines is 2. The van der Waals surface area contributed by atoms with Gasteiger partial charge in [-0.25, -0.2) is 9.48 Å². The molecule has 3 rings (SSSR count). The van der Waals surface area contributed by atoms with Crippen LogP contribution in [0.2, 0.25) is 0 Å². The summed E-state index contributed by atoms with van der Waals surface area (Å²) in [6.45, 7) is 8.85. The van der Waals surface area contributed by atoms with Crippen LogP contribution in [0.15, 0.2) is 27.9 Å². The van der Waals surface area contributed by atoms with E-state index in [2.05, 4.69) is 46.1 Å². The molecule has 0 saturated carbocycles. The maximum Gasteiger partial charge on any atom is 0.323 e. The number of nitrogens with zero attached hydrogens (tertiary/aromatic N) is 3. The summed E-state index contributed by atoms with van der Waals surface area (Å²) in [6.07, 6.45) is 4.56. The van der Waals surface area contributed by atoms with Crippen LogP contribution in [0.5, 0.6) is 0 Å². The molecule has 1 amide bonds. The average molecular weight is 402 g/mol. The smallest absolute Gasteiger partial charge is 0.323 e. The predicted molar refractivity (Wildman–Crippen MR) is 110 cm³/mol. The van der Waals surface area contributed by atoms with Gasteiger partial charge in [0.05, 0.1) is 12.2 Å². The van der Waals surface area contributed by atoms with Crippen LogP contribution in [-0.2, 0) is 12.0 Å². The van der Waals surface area contributed by atoms with E-state index >= 15 is 0 Å². The highest BCUT2D eigenvalue weighted by Gasteiger charge is 2.24. The highest BCUT2D eigenvalue weighted by molar-refractivity contribution is 5.91. The second-order valence-electron chi connectivity index (χ2n) is 8.58. The number of imidazole rings is 1. The number of carbonyl (C=O) groups excluding carboxylic acids is 1. The molecule has 9 heteroatoms. The van der Waals surface area contributed by atoms with Gasteiger partial charge < -0.3 is 15.3 Å². The summed E-state index contributed by atoms with van der Waals surface area (Å²) in [5.41, 5.74) is 0.500. The summed E-state index contributed by atoms with van der Waals surface area (Å²) in [4.78, 5) is 42.8. The molecule has 29 heavy (non-hydrogen) atoms. The fraction of sp³-hybridized carbons (Fsp3) is 0.600. The van der Waals surface area contributed by atoms with Crippen LogP contribution < -0.4 is 16.6 Å². The lowest BCUT2D eigenvalue weighted by atomic mass is 9.92. The normalized spacial score (nSPS) is 18.0. The van der Waals surface area contributed by atoms with Crippen LogP contribution >= 0.6 is 0 Å². The Balaban J connectivity index is 1.61. The van der Waals surface area contributed by atoms with Crippen molar-refractivity contribution in [2.75, 3.05) is 19.6 Å². The van der Waals surface area contributed by atoms with Gasteiger partial charge >= 0.3 is 5.69 Å². The number of carbonyl (C=O) groups is 1. The maximum absolute atomic E-state index is 12.2. The summed E-state index contributed by atoms with van der Waals surface area (Å²) >= 11 is 0. The summed E-state index contributed by atoms with van der Waals surface area (Å²) < 4.78 is 1.54. The molecular formula is C20H30N6O3. The zero-order valence-electron chi connectivity index (χ0n) is 17.3. The standard InChI is InChI=1S/C20H30N6O3/c1-20(2,3)16-7-8-17(27)26(24-16)11-10-25-9-5-4-6-14(25)12-21-18(28)15-13-22-19(29)23-15/h7-8,13-14H,4-6,9-12H2,1-3H3,(H,21,28)(H2,22,23,29). The van der Waals surface area contributed by atoms with Crippen molar-refractivity contribution in [3.63, 3.8) is 0 Å². The third-order valence-electron chi connectivity index (χ3n) is 5.32. The van der Waals surface area contributed by atoms with Crippen molar-refractivity contribution < 1.29 is 4.79 Å². The van der Waals surface area contributed by atoms with E-state index < -0.39 is 5.69 Å². The first-order valence-corrected chi connectivity index (χ1v) is 10.1. The largest absolute Gasteiger partial charge is 0.349 e. The van der Waals surface area contributed by atoms with Gasteiger partial charge in [0, 0.05) is 36.8 Å². The SMILES string of the molecule is CC(C)(C)c1ccc(=O)n(CCN2CCCCC2CNC(=O)c2c[nH]c(=O)[nH]2)n1. The van der Waals surface area contributed by atoms with Gasteiger partial charge in [-0.1, -0.05) is 27.2 Å². The Hall–Kier alpha value is -2.68. The van der Waals surface area contributed by atoms with Gasteiger partial charge in [-0.2, -0.15) is 5.10 Å². The third kappa shape index (κ3) is 5.44. The van der Waals surface area contributed by atoms with Crippen molar-refractivity contribution in [3.8, 4) is 0 Å². The lowest BCUT2D eigenvalue weighted by Crippen LogP contribution is -2.48. The van der Waals surface area contributed by atoms with E-state index in [9.17, 15) is 14.4 Å². The van der Waals surface area contributed by atoms with E-state index in [0.29, 0.717) is 19.6 Å². The van der Waals surface area contributed by atoms with E-state index in [4.69, 9.17) is 0 Å². The number of amides is 1. The monoisotopic (exact) mass is 402 g/mol. The molecule has 9 nitrogen and oxygen atoms in total. The molecule has 3 heterocycles. The molecule has 0 bridgehead atoms. The molecule has 1 fully saturated rings. The van der Waals surface area contributed by atoms with Crippen molar-refractivity contribution in [2.45, 2.75) is 58.0 Å². The predicted octanol–water partition coefficient (Wildman–Crippen LogP) is 0.842. The first-order chi connectivity index (χ1) is 13.7. The van der Waals surface area contributed by atoms with Crippen molar-refractivity contribution in [1.29, 1.82) is 0 Å². The van der Waals surface area contributed by atoms with Crippen LogP contribution in [0, 0.1) is 0 Å². The number of nitrogens with one attached hydrogen (secondary N) is 3. The maximum atomic E-state index is 12.2. The van der Waals surface area contributed by atoms with Crippen molar-refractivity contribution in [2.24, 2.45) is 0 Å². The van der Waals surface area contributed by atoms with Gasteiger partial charge in [0.25, 0.3) is 11.5 Å². The highest BCUT2D eigenvalue weighted by Crippen LogP contribution is 2.19. The van der Waals surface area contributed by atoms with E-state index in [1.807, 2.05) is 0 Å². The summed E-state index contributed by atoms with van der Waals surface area (Å²) in [5, 5.41) is 7.44. The van der Waals surface area contributed by atoms with Crippen LogP contribution in [0.25, 0.3) is 0 Å². The molecule has 2 aromatic heterocycles. The number of likely N-dealkylation sites (tertiary alicyclic amines) is 1. The molecule has 3 N–H and O–H groups in total. The number of hydrogen-bond acceptors (Lipinski definition) is 5. The summed E-state index contributed by atoms with van der Waals surface area (Å²) in [5.74, 6) is -0.301. The Labute approximate surface area is 169 Å². The van der Waals surface area contributed by atoms with Crippen molar-refractivity contribution in [3.05, 3.63) is 50.6 Å². The molecule has 158 valence electrons. The minimum absolute atomic E-state index is 0.101. The number of rotatable bonds is 6. The van der Waals surface area contributed by atoms with E-state index in [-0.39, 0.29) is 28.6 Å².